The Hall–Kier alpha value is -3.04. The van der Waals surface area contributed by atoms with Gasteiger partial charge in [0, 0.05) is 26.7 Å². The zero-order valence-electron chi connectivity index (χ0n) is 18.6. The molecule has 3 aliphatic heterocycles. The third kappa shape index (κ3) is 4.44. The number of amides is 4. The molecule has 3 aliphatic rings. The van der Waals surface area contributed by atoms with Gasteiger partial charge in [0.25, 0.3) is 17.6 Å². The third-order valence-electron chi connectivity index (χ3n) is 6.14. The molecular weight excluding hydrogens is 410 g/mol. The number of rotatable bonds is 7. The lowest BCUT2D eigenvalue weighted by Gasteiger charge is -2.27. The molecular formula is C23H30N5O4+. The number of nitrogens with zero attached hydrogens (tertiary/aromatic N) is 4. The number of fused-ring (bicyclic) bond motifs is 1. The molecule has 0 aromatic heterocycles. The summed E-state index contributed by atoms with van der Waals surface area (Å²) >= 11 is 0. The fourth-order valence-corrected chi connectivity index (χ4v) is 4.36. The molecule has 4 amide bonds. The summed E-state index contributed by atoms with van der Waals surface area (Å²) in [5.41, 5.74) is 1.39. The van der Waals surface area contributed by atoms with E-state index < -0.39 is 11.9 Å². The van der Waals surface area contributed by atoms with Crippen molar-refractivity contribution in [3.8, 4) is 0 Å². The van der Waals surface area contributed by atoms with E-state index in [2.05, 4.69) is 10.2 Å². The van der Waals surface area contributed by atoms with Crippen LogP contribution in [0.1, 0.15) is 12.0 Å². The van der Waals surface area contributed by atoms with Crippen molar-refractivity contribution < 1.29 is 23.7 Å². The second-order valence-corrected chi connectivity index (χ2v) is 8.26. The highest BCUT2D eigenvalue weighted by Gasteiger charge is 2.51. The van der Waals surface area contributed by atoms with Gasteiger partial charge in [-0.25, -0.2) is 14.3 Å². The molecule has 1 aromatic carbocycles. The summed E-state index contributed by atoms with van der Waals surface area (Å²) in [5, 5.41) is 2.99. The van der Waals surface area contributed by atoms with Gasteiger partial charge in [-0.15, -0.1) is 0 Å². The zero-order chi connectivity index (χ0) is 22.7. The van der Waals surface area contributed by atoms with Gasteiger partial charge in [-0.1, -0.05) is 30.3 Å². The third-order valence-corrected chi connectivity index (χ3v) is 6.14. The van der Waals surface area contributed by atoms with Gasteiger partial charge in [-0.05, 0) is 24.6 Å². The zero-order valence-corrected chi connectivity index (χ0v) is 18.6. The first-order valence-electron chi connectivity index (χ1n) is 11.0. The number of carbonyl (C=O) groups is 3. The van der Waals surface area contributed by atoms with Crippen molar-refractivity contribution in [2.45, 2.75) is 13.0 Å². The predicted octanol–water partition coefficient (Wildman–Crippen LogP) is 0.474. The second-order valence-electron chi connectivity index (χ2n) is 8.26. The molecule has 0 radical (unpaired) electrons. The smallest absolute Gasteiger partial charge is 0.379 e. The van der Waals surface area contributed by atoms with Crippen LogP contribution in [0.2, 0.25) is 0 Å². The number of nitrogens with one attached hydrogen (secondary N) is 1. The highest BCUT2D eigenvalue weighted by atomic mass is 16.5. The summed E-state index contributed by atoms with van der Waals surface area (Å²) in [6.07, 6.45) is 2.51. The van der Waals surface area contributed by atoms with Gasteiger partial charge in [0.05, 0.1) is 20.3 Å². The largest absolute Gasteiger partial charge is 0.417 e. The van der Waals surface area contributed by atoms with Gasteiger partial charge >= 0.3 is 6.03 Å². The minimum atomic E-state index is -0.652. The Morgan fingerprint density at radius 1 is 1.12 bits per heavy atom. The van der Waals surface area contributed by atoms with Crippen LogP contribution in [0.25, 0.3) is 0 Å². The Labute approximate surface area is 187 Å². The van der Waals surface area contributed by atoms with E-state index in [0.717, 1.165) is 49.7 Å². The molecule has 1 aromatic rings. The van der Waals surface area contributed by atoms with Gasteiger partial charge in [-0.3, -0.25) is 14.5 Å². The van der Waals surface area contributed by atoms with Crippen LogP contribution in [0.15, 0.2) is 42.1 Å². The van der Waals surface area contributed by atoms with Gasteiger partial charge < -0.3 is 10.1 Å². The number of hydrogen-bond acceptors (Lipinski definition) is 5. The minimum Gasteiger partial charge on any atom is -0.379 e. The molecule has 9 heteroatoms. The maximum absolute atomic E-state index is 13.1. The Morgan fingerprint density at radius 3 is 2.56 bits per heavy atom. The maximum Gasteiger partial charge on any atom is 0.417 e. The lowest BCUT2D eigenvalue weighted by atomic mass is 10.0. The summed E-state index contributed by atoms with van der Waals surface area (Å²) in [6, 6.07) is 9.30. The first-order valence-corrected chi connectivity index (χ1v) is 11.0. The Bertz CT molecular complexity index is 952. The average Bonchev–Trinajstić information content (AvgIpc) is 3.19. The van der Waals surface area contributed by atoms with Crippen LogP contribution in [0, 0.1) is 5.92 Å². The fourth-order valence-electron chi connectivity index (χ4n) is 4.36. The first kappa shape index (κ1) is 22.2. The van der Waals surface area contributed by atoms with Crippen molar-refractivity contribution >= 4 is 23.7 Å². The van der Waals surface area contributed by atoms with E-state index in [4.69, 9.17) is 4.74 Å². The van der Waals surface area contributed by atoms with Gasteiger partial charge in [-0.2, -0.15) is 4.90 Å². The number of urea groups is 1. The summed E-state index contributed by atoms with van der Waals surface area (Å²) in [7, 11) is 3.11. The highest BCUT2D eigenvalue weighted by Crippen LogP contribution is 2.27. The van der Waals surface area contributed by atoms with Crippen LogP contribution >= 0.6 is 0 Å². The van der Waals surface area contributed by atoms with Crippen LogP contribution in [-0.4, -0.2) is 96.4 Å². The normalized spacial score (nSPS) is 21.7. The standard InChI is InChI=1S/C23H29N5O4/c1-25-21-18(22(30)26(2)23(25)31)15-19(28(21)16-17-7-4-3-5-8-17)20(29)24-9-6-10-27-11-13-32-14-12-27/h3-5,7-8,15,18H,6,9-14,16H2,1-2H3/p+1. The molecule has 0 saturated carbocycles. The molecule has 2 saturated heterocycles. The molecule has 170 valence electrons. The second kappa shape index (κ2) is 9.62. The minimum absolute atomic E-state index is 0.235. The molecule has 32 heavy (non-hydrogen) atoms. The summed E-state index contributed by atoms with van der Waals surface area (Å²) in [5.74, 6) is -0.682. The maximum atomic E-state index is 13.1. The van der Waals surface area contributed by atoms with E-state index in [1.54, 1.807) is 17.7 Å². The predicted molar refractivity (Wildman–Crippen MR) is 118 cm³/mol. The molecule has 0 spiro atoms. The van der Waals surface area contributed by atoms with E-state index >= 15 is 0 Å². The van der Waals surface area contributed by atoms with Crippen LogP contribution in [0.4, 0.5) is 4.79 Å². The topological polar surface area (TPSA) is 85.2 Å². The van der Waals surface area contributed by atoms with Crippen molar-refractivity contribution in [1.82, 2.24) is 20.0 Å². The first-order chi connectivity index (χ1) is 15.5. The number of ether oxygens (including phenoxy) is 1. The average molecular weight is 441 g/mol. The SMILES string of the molecule is CN1C(=O)C2C=C(C(=O)NCCCN3CCOCC3)[N+](Cc3ccccc3)=C2N(C)C1=O. The van der Waals surface area contributed by atoms with Gasteiger partial charge in [0.1, 0.15) is 6.54 Å². The van der Waals surface area contributed by atoms with Crippen LogP contribution in [-0.2, 0) is 20.9 Å². The highest BCUT2D eigenvalue weighted by molar-refractivity contribution is 6.19. The molecule has 9 nitrogen and oxygen atoms in total. The Kier molecular flexibility index (Phi) is 6.66. The Morgan fingerprint density at radius 2 is 1.84 bits per heavy atom. The van der Waals surface area contributed by atoms with E-state index in [1.807, 2.05) is 30.3 Å². The summed E-state index contributed by atoms with van der Waals surface area (Å²) in [6.45, 7) is 5.17. The lowest BCUT2D eigenvalue weighted by Crippen LogP contribution is -2.57. The number of imide groups is 1. The van der Waals surface area contributed by atoms with Crippen LogP contribution < -0.4 is 5.32 Å². The molecule has 1 atom stereocenters. The molecule has 4 rings (SSSR count). The number of carbonyl (C=O) groups excluding carboxylic acids is 3. The quantitative estimate of drug-likeness (QED) is 0.492. The lowest BCUT2D eigenvalue weighted by molar-refractivity contribution is -0.490. The van der Waals surface area contributed by atoms with E-state index in [0.29, 0.717) is 24.6 Å². The van der Waals surface area contributed by atoms with Gasteiger partial charge in [0.2, 0.25) is 0 Å². The molecule has 0 aliphatic carbocycles. The number of morpholine rings is 1. The molecule has 1 unspecified atom stereocenters. The monoisotopic (exact) mass is 440 g/mol. The molecule has 2 fully saturated rings. The van der Waals surface area contributed by atoms with Crippen molar-refractivity contribution in [2.24, 2.45) is 5.92 Å². The Balaban J connectivity index is 1.51. The number of benzene rings is 1. The van der Waals surface area contributed by atoms with E-state index in [9.17, 15) is 14.4 Å². The molecule has 0 bridgehead atoms. The van der Waals surface area contributed by atoms with Crippen molar-refractivity contribution in [3.63, 3.8) is 0 Å². The summed E-state index contributed by atoms with van der Waals surface area (Å²) in [4.78, 5) is 43.4. The van der Waals surface area contributed by atoms with Crippen molar-refractivity contribution in [3.05, 3.63) is 47.7 Å². The van der Waals surface area contributed by atoms with Crippen molar-refractivity contribution in [2.75, 3.05) is 53.5 Å². The van der Waals surface area contributed by atoms with Crippen molar-refractivity contribution in [1.29, 1.82) is 0 Å². The molecule has 1 N–H and O–H groups in total. The fraction of sp³-hybridized carbons (Fsp3) is 0.478. The van der Waals surface area contributed by atoms with Crippen LogP contribution in [0.3, 0.4) is 0 Å². The number of hydrogen-bond donors (Lipinski definition) is 1. The number of amidine groups is 1. The molecule has 3 heterocycles. The van der Waals surface area contributed by atoms with Gasteiger partial charge in [0.15, 0.2) is 11.6 Å². The van der Waals surface area contributed by atoms with E-state index in [-0.39, 0.29) is 11.8 Å². The van der Waals surface area contributed by atoms with E-state index in [1.165, 1.54) is 11.9 Å². The summed E-state index contributed by atoms with van der Waals surface area (Å²) < 4.78 is 7.16. The van der Waals surface area contributed by atoms with Crippen LogP contribution in [0.5, 0.6) is 0 Å².